The number of carbonyl (C=O) groups is 6. The van der Waals surface area contributed by atoms with Crippen LogP contribution in [0, 0.1) is 0 Å². The highest BCUT2D eigenvalue weighted by Gasteiger charge is 2.62. The molecule has 10 aromatic carbocycles. The van der Waals surface area contributed by atoms with Gasteiger partial charge in [0, 0.05) is 21.8 Å². The number of benzene rings is 10. The van der Waals surface area contributed by atoms with Crippen molar-refractivity contribution in [3.05, 3.63) is 390 Å². The quantitative estimate of drug-likeness (QED) is 0.0113. The number of hydrogen-bond acceptors (Lipinski definition) is 31. The van der Waals surface area contributed by atoms with E-state index in [9.17, 15) is 26.2 Å². The van der Waals surface area contributed by atoms with E-state index in [1.54, 1.807) is 213 Å². The molecule has 734 valence electrons. The van der Waals surface area contributed by atoms with Gasteiger partial charge in [0.2, 0.25) is 0 Å². The third kappa shape index (κ3) is 26.5. The Morgan fingerprint density at radius 3 is 0.887 bits per heavy atom. The molecule has 5 saturated heterocycles. The summed E-state index contributed by atoms with van der Waals surface area (Å²) in [6.45, 7) is -0.714. The zero-order chi connectivity index (χ0) is 98.2. The fourth-order valence-electron chi connectivity index (χ4n) is 17.1. The first-order valence-electron chi connectivity index (χ1n) is 45.7. The van der Waals surface area contributed by atoms with Crippen LogP contribution in [0.4, 0.5) is 0 Å². The summed E-state index contributed by atoms with van der Waals surface area (Å²) in [4.78, 5) is 99.7. The Labute approximate surface area is 811 Å². The number of esters is 6. The standard InChI is InChI=1S/C104H105N9O28/c1-5-74-81(136-103-92(128-61-69-46-26-11-27-47-69)86(126-59-67-42-22-9-23-43-67)88(90(140-103)98(118)120-2)138-101-78(109-112-106)83(124-57-65-38-18-7-19-39-65)80(123-56-64-36-16-6-17-37-64)75(133-101)62-129-94(114)70-48-28-12-29-49-70)85(134-96(116)72-52-32-14-33-53-72)79(110-113-107)102(131-74)139-89-87(127-60-68-44-24-10-25-45-68)93(135-97(117)73-54-34-15-35-55-73)104(141-91(89)99(119)121-3)137-82-76(63-130-95(115)71-50-30-13-31-51-71)132-100(122-4)77(108-111-105)84(82)125-58-66-40-20-8-21-41-66/h6-55,74-93,100-104H,5,56-63H2,1-4H3/t74?,75?,76?,77-,78?,79-,80+,81+,82+,83+,84?,85?,86-,87+,88-,89-,90?,91?,92?,93?,100-,101+,102-,103+,104+/m0/s1. The van der Waals surface area contributed by atoms with Crippen LogP contribution in [0.15, 0.2) is 319 Å². The second kappa shape index (κ2) is 51.5. The second-order valence-corrected chi connectivity index (χ2v) is 33.1. The van der Waals surface area contributed by atoms with Crippen molar-refractivity contribution >= 4 is 35.8 Å². The molecule has 15 rings (SSSR count). The molecule has 0 N–H and O–H groups in total. The molecule has 0 spiro atoms. The van der Waals surface area contributed by atoms with Gasteiger partial charge in [-0.25, -0.2) is 28.8 Å². The predicted octanol–water partition coefficient (Wildman–Crippen LogP) is 15.3. The van der Waals surface area contributed by atoms with E-state index in [2.05, 4.69) is 30.1 Å². The van der Waals surface area contributed by atoms with Gasteiger partial charge in [-0.05, 0) is 105 Å². The first-order valence-corrected chi connectivity index (χ1v) is 45.7. The van der Waals surface area contributed by atoms with Crippen LogP contribution in [0.3, 0.4) is 0 Å². The third-order valence-corrected chi connectivity index (χ3v) is 24.0. The molecule has 10 aromatic rings. The minimum absolute atomic E-state index is 0.0139. The highest BCUT2D eigenvalue weighted by molar-refractivity contribution is 5.91. The lowest BCUT2D eigenvalue weighted by Crippen LogP contribution is -2.69. The van der Waals surface area contributed by atoms with Crippen molar-refractivity contribution in [2.45, 2.75) is 206 Å². The molecular weight excluding hydrogens is 1820 g/mol. The van der Waals surface area contributed by atoms with E-state index in [-0.39, 0.29) is 68.3 Å². The normalized spacial score (nSPS) is 27.4. The zero-order valence-electron chi connectivity index (χ0n) is 77.1. The second-order valence-electron chi connectivity index (χ2n) is 33.1. The molecule has 5 heterocycles. The van der Waals surface area contributed by atoms with Gasteiger partial charge in [0.05, 0.1) is 82.2 Å². The van der Waals surface area contributed by atoms with E-state index in [0.29, 0.717) is 27.8 Å². The van der Waals surface area contributed by atoms with E-state index in [1.807, 2.05) is 60.7 Å². The van der Waals surface area contributed by atoms with Crippen LogP contribution in [0.1, 0.15) is 88.2 Å². The van der Waals surface area contributed by atoms with Gasteiger partial charge in [0.25, 0.3) is 0 Å². The monoisotopic (exact) mass is 1930 g/mol. The first-order chi connectivity index (χ1) is 69.1. The number of methoxy groups -OCH3 is 3. The molecule has 0 aromatic heterocycles. The molecule has 37 heteroatoms. The molecule has 141 heavy (non-hydrogen) atoms. The van der Waals surface area contributed by atoms with Gasteiger partial charge >= 0.3 is 35.8 Å². The van der Waals surface area contributed by atoms with Crippen molar-refractivity contribution in [2.75, 3.05) is 34.5 Å². The molecule has 5 fully saturated rings. The Balaban J connectivity index is 0.837. The van der Waals surface area contributed by atoms with Crippen LogP contribution in [-0.2, 0) is 153 Å². The van der Waals surface area contributed by atoms with Gasteiger partial charge in [-0.15, -0.1) is 0 Å². The van der Waals surface area contributed by atoms with Crippen molar-refractivity contribution < 1.29 is 133 Å². The summed E-state index contributed by atoms with van der Waals surface area (Å²) in [5.74, 6) is -5.88. The van der Waals surface area contributed by atoms with Crippen LogP contribution >= 0.6 is 0 Å². The zero-order valence-corrected chi connectivity index (χ0v) is 77.1. The van der Waals surface area contributed by atoms with E-state index in [1.165, 1.54) is 43.5 Å². The summed E-state index contributed by atoms with van der Waals surface area (Å²) in [7, 11) is 3.44. The number of carbonyl (C=O) groups excluding carboxylic acids is 6. The molecule has 25 atom stereocenters. The number of azide groups is 3. The van der Waals surface area contributed by atoms with Crippen LogP contribution in [0.5, 0.6) is 0 Å². The molecule has 37 nitrogen and oxygen atoms in total. The Hall–Kier alpha value is -13.7. The molecule has 5 aliphatic heterocycles. The maximum atomic E-state index is 15.5. The fourth-order valence-corrected chi connectivity index (χ4v) is 17.1. The van der Waals surface area contributed by atoms with Crippen molar-refractivity contribution in [1.29, 1.82) is 0 Å². The minimum Gasteiger partial charge on any atom is -0.467 e. The SMILES string of the molecule is CCC1O[C@@H](O[C@@H]2C(C(=O)OC)O[C@@H](O[C@@H]3C(COC(=O)c4ccccc4)O[C@H](OC)[C@@H](N=[N+]=[N-])C3OCc3ccccc3)C(OC(=O)c3ccccc3)[C@@H]2OCc2ccccc2)[C@@H](N=[N+]=[N-])C(OC(=O)c2ccccc2)[C@@H]1O[C@@H]1OC(C(=O)OC)[C@@H](O[C@H]2OC(COC(=O)c3ccccc3)[C@@H](OCc3ccccc3)[C@H](OCc3ccccc3)C2N=[N+]=[N-])[C@H](OCc2ccccc2)C1OCc1ccccc1. The summed E-state index contributed by atoms with van der Waals surface area (Å²) >= 11 is 0. The smallest absolute Gasteiger partial charge is 0.338 e. The van der Waals surface area contributed by atoms with E-state index < -0.39 is 202 Å². The summed E-state index contributed by atoms with van der Waals surface area (Å²) in [5, 5.41) is 12.8. The molecule has 0 aliphatic carbocycles. The molecule has 0 amide bonds. The molecule has 0 saturated carbocycles. The maximum absolute atomic E-state index is 15.5. The number of hydrogen-bond donors (Lipinski definition) is 0. The van der Waals surface area contributed by atoms with Gasteiger partial charge in [-0.2, -0.15) is 0 Å². The molecule has 0 bridgehead atoms. The number of rotatable bonds is 43. The van der Waals surface area contributed by atoms with Gasteiger partial charge in [0.1, 0.15) is 111 Å². The lowest BCUT2D eigenvalue weighted by atomic mass is 9.92. The minimum atomic E-state index is -2.12. The molecule has 10 unspecified atom stereocenters. The van der Waals surface area contributed by atoms with Gasteiger partial charge < -0.3 is 104 Å². The van der Waals surface area contributed by atoms with Gasteiger partial charge in [-0.3, -0.25) is 0 Å². The van der Waals surface area contributed by atoms with Gasteiger partial charge in [0.15, 0.2) is 49.8 Å². The van der Waals surface area contributed by atoms with Crippen molar-refractivity contribution in [3.63, 3.8) is 0 Å². The van der Waals surface area contributed by atoms with Crippen LogP contribution in [-0.4, -0.2) is 224 Å². The van der Waals surface area contributed by atoms with E-state index >= 15 is 19.2 Å². The Morgan fingerprint density at radius 2 is 0.539 bits per heavy atom. The van der Waals surface area contributed by atoms with Crippen molar-refractivity contribution in [1.82, 2.24) is 0 Å². The average molecular weight is 1930 g/mol. The highest BCUT2D eigenvalue weighted by atomic mass is 16.8. The van der Waals surface area contributed by atoms with Crippen LogP contribution < -0.4 is 0 Å². The molecular formula is C104H105N9O28. The first kappa shape index (κ1) is 102. The lowest BCUT2D eigenvalue weighted by molar-refractivity contribution is -0.380. The predicted molar refractivity (Wildman–Crippen MR) is 498 cm³/mol. The Bertz CT molecular complexity index is 5790. The van der Waals surface area contributed by atoms with E-state index in [4.69, 9.17) is 104 Å². The number of ether oxygens (including phenoxy) is 22. The fraction of sp³-hybridized carbons (Fsp3) is 0.365. The summed E-state index contributed by atoms with van der Waals surface area (Å²) in [5.41, 5.74) is 36.5. The molecule has 0 radical (unpaired) electrons. The largest absolute Gasteiger partial charge is 0.467 e. The lowest BCUT2D eigenvalue weighted by Gasteiger charge is -2.51. The Kier molecular flexibility index (Phi) is 37.1. The third-order valence-electron chi connectivity index (χ3n) is 24.0. The topological polar surface area (TPSA) is 452 Å². The van der Waals surface area contributed by atoms with Crippen molar-refractivity contribution in [2.24, 2.45) is 15.3 Å². The summed E-state index contributed by atoms with van der Waals surface area (Å²) in [6.07, 6.45) is -38.2. The maximum Gasteiger partial charge on any atom is 0.338 e. The van der Waals surface area contributed by atoms with Crippen LogP contribution in [0.25, 0.3) is 31.3 Å². The highest BCUT2D eigenvalue weighted by Crippen LogP contribution is 2.44. The van der Waals surface area contributed by atoms with Gasteiger partial charge in [-0.1, -0.05) is 277 Å². The summed E-state index contributed by atoms with van der Waals surface area (Å²) in [6, 6.07) is 80.5. The summed E-state index contributed by atoms with van der Waals surface area (Å²) < 4.78 is 148. The Morgan fingerprint density at radius 1 is 0.277 bits per heavy atom. The van der Waals surface area contributed by atoms with Crippen LogP contribution in [0.2, 0.25) is 0 Å². The average Bonchev–Trinajstić information content (AvgIpc) is 0.742. The molecule has 5 aliphatic rings. The van der Waals surface area contributed by atoms with E-state index in [0.717, 1.165) is 19.8 Å². The van der Waals surface area contributed by atoms with Crippen molar-refractivity contribution in [3.8, 4) is 0 Å². The number of nitrogens with zero attached hydrogens (tertiary/aromatic N) is 9.